The molecule has 0 aliphatic carbocycles. The molecule has 1 nitrogen and oxygen atoms in total. The average Bonchev–Trinajstić information content (AvgIpc) is 2.43. The van der Waals surface area contributed by atoms with Crippen LogP contribution in [-0.4, -0.2) is 13.6 Å². The minimum absolute atomic E-state index is 1.05. The molecule has 0 saturated heterocycles. The van der Waals surface area contributed by atoms with Gasteiger partial charge in [-0.15, -0.1) is 0 Å². The fourth-order valence-electron chi connectivity index (χ4n) is 2.34. The largest absolute Gasteiger partial charge is 0.245 e. The van der Waals surface area contributed by atoms with Gasteiger partial charge >= 0.3 is 0 Å². The Labute approximate surface area is 122 Å². The molecule has 0 spiro atoms. The Kier molecular flexibility index (Phi) is 17.4. The summed E-state index contributed by atoms with van der Waals surface area (Å²) in [5.74, 6) is 0. The van der Waals surface area contributed by atoms with Gasteiger partial charge in [-0.25, -0.2) is 5.32 Å². The number of nitrogens with zero attached hydrogens (tertiary/aromatic N) is 1. The Morgan fingerprint density at radius 1 is 0.632 bits per heavy atom. The second kappa shape index (κ2) is 17.7. The molecule has 0 fully saturated rings. The van der Waals surface area contributed by atoms with E-state index in [0.29, 0.717) is 0 Å². The Bertz CT molecular complexity index is 175. The van der Waals surface area contributed by atoms with Gasteiger partial charge in [0, 0.05) is 13.6 Å². The van der Waals surface area contributed by atoms with Crippen LogP contribution in [0, 0.1) is 0 Å². The van der Waals surface area contributed by atoms with Crippen molar-refractivity contribution in [3.8, 4) is 0 Å². The van der Waals surface area contributed by atoms with Gasteiger partial charge in [0.2, 0.25) is 0 Å². The van der Waals surface area contributed by atoms with Gasteiger partial charge in [-0.2, -0.15) is 0 Å². The summed E-state index contributed by atoms with van der Waals surface area (Å²) in [6.07, 6.45) is 22.6. The van der Waals surface area contributed by atoms with Crippen LogP contribution in [-0.2, 0) is 0 Å². The summed E-state index contributed by atoms with van der Waals surface area (Å²) in [6, 6.07) is 0. The van der Waals surface area contributed by atoms with Crippen LogP contribution in [0.3, 0.4) is 0 Å². The van der Waals surface area contributed by atoms with Gasteiger partial charge in [0.25, 0.3) is 0 Å². The lowest BCUT2D eigenvalue weighted by Gasteiger charge is -1.99. The maximum absolute atomic E-state index is 4.12. The summed E-state index contributed by atoms with van der Waals surface area (Å²) in [7, 11) is 1.91. The number of unbranched alkanes of at least 4 members (excludes halogenated alkanes) is 11. The first-order chi connectivity index (χ1) is 9.41. The predicted octanol–water partition coefficient (Wildman–Crippen LogP) is 5.87. The van der Waals surface area contributed by atoms with Crippen LogP contribution in [0.15, 0.2) is 12.2 Å². The lowest BCUT2D eigenvalue weighted by atomic mass is 10.1. The molecule has 0 aromatic rings. The third-order valence-electron chi connectivity index (χ3n) is 3.64. The summed E-state index contributed by atoms with van der Waals surface area (Å²) < 4.78 is 0. The van der Waals surface area contributed by atoms with E-state index >= 15 is 0 Å². The van der Waals surface area contributed by atoms with Crippen molar-refractivity contribution >= 4 is 0 Å². The molecule has 19 heavy (non-hydrogen) atoms. The van der Waals surface area contributed by atoms with Crippen molar-refractivity contribution in [3.05, 3.63) is 12.2 Å². The Morgan fingerprint density at radius 3 is 1.63 bits per heavy atom. The summed E-state index contributed by atoms with van der Waals surface area (Å²) in [5.41, 5.74) is 0. The van der Waals surface area contributed by atoms with Crippen LogP contribution in [0.2, 0.25) is 0 Å². The fourth-order valence-corrected chi connectivity index (χ4v) is 2.34. The van der Waals surface area contributed by atoms with Gasteiger partial charge in [0.15, 0.2) is 0 Å². The normalized spacial score (nSPS) is 11.5. The van der Waals surface area contributed by atoms with Gasteiger partial charge in [-0.3, -0.25) is 0 Å². The van der Waals surface area contributed by atoms with Crippen LogP contribution in [0.25, 0.3) is 0 Å². The minimum Gasteiger partial charge on any atom is -0.245 e. The molecule has 0 saturated carbocycles. The number of hydrogen-bond acceptors (Lipinski definition) is 0. The highest BCUT2D eigenvalue weighted by Crippen LogP contribution is 2.09. The molecule has 0 aromatic heterocycles. The molecule has 0 aliphatic heterocycles. The highest BCUT2D eigenvalue weighted by molar-refractivity contribution is 4.81. The smallest absolute Gasteiger partial charge is 0.0130 e. The Hall–Kier alpha value is -0.300. The summed E-state index contributed by atoms with van der Waals surface area (Å²) in [4.78, 5) is 0. The van der Waals surface area contributed by atoms with Crippen molar-refractivity contribution in [2.45, 2.75) is 90.4 Å². The highest BCUT2D eigenvalue weighted by atomic mass is 14.8. The van der Waals surface area contributed by atoms with Gasteiger partial charge in [-0.1, -0.05) is 70.4 Å². The molecule has 0 aliphatic rings. The second-order valence-electron chi connectivity index (χ2n) is 5.62. The van der Waals surface area contributed by atoms with E-state index in [0.717, 1.165) is 6.54 Å². The molecule has 1 heteroatoms. The van der Waals surface area contributed by atoms with Crippen molar-refractivity contribution in [1.82, 2.24) is 5.32 Å². The first-order valence-electron chi connectivity index (χ1n) is 8.62. The lowest BCUT2D eigenvalue weighted by molar-refractivity contribution is 0.595. The molecule has 0 aromatic carbocycles. The van der Waals surface area contributed by atoms with E-state index in [1.165, 1.54) is 83.5 Å². The monoisotopic (exact) mass is 266 g/mol. The predicted molar refractivity (Wildman–Crippen MR) is 87.8 cm³/mol. The van der Waals surface area contributed by atoms with Crippen LogP contribution < -0.4 is 5.32 Å². The molecule has 0 heterocycles. The average molecular weight is 266 g/mol. The van der Waals surface area contributed by atoms with E-state index < -0.39 is 0 Å². The fraction of sp³-hybridized carbons (Fsp3) is 0.889. The van der Waals surface area contributed by atoms with Crippen LogP contribution in [0.5, 0.6) is 0 Å². The van der Waals surface area contributed by atoms with Gasteiger partial charge in [0.05, 0.1) is 0 Å². The zero-order valence-electron chi connectivity index (χ0n) is 13.5. The molecular weight excluding hydrogens is 230 g/mol. The minimum atomic E-state index is 1.05. The molecule has 1 radical (unpaired) electrons. The SMILES string of the molecule is CCCCCCCCC=CCCCCCCC[N]C. The van der Waals surface area contributed by atoms with E-state index in [4.69, 9.17) is 0 Å². The van der Waals surface area contributed by atoms with E-state index in [2.05, 4.69) is 24.4 Å². The van der Waals surface area contributed by atoms with Gasteiger partial charge in [-0.05, 0) is 32.1 Å². The molecule has 0 bridgehead atoms. The van der Waals surface area contributed by atoms with Crippen molar-refractivity contribution in [1.29, 1.82) is 0 Å². The van der Waals surface area contributed by atoms with E-state index in [1.54, 1.807) is 0 Å². The summed E-state index contributed by atoms with van der Waals surface area (Å²) in [5, 5.41) is 4.12. The topological polar surface area (TPSA) is 14.1 Å². The molecule has 113 valence electrons. The zero-order chi connectivity index (χ0) is 14.0. The number of rotatable bonds is 15. The maximum atomic E-state index is 4.12. The maximum Gasteiger partial charge on any atom is 0.0130 e. The summed E-state index contributed by atoms with van der Waals surface area (Å²) in [6.45, 7) is 3.33. The van der Waals surface area contributed by atoms with E-state index in [-0.39, 0.29) is 0 Å². The molecule has 0 unspecified atom stereocenters. The van der Waals surface area contributed by atoms with Crippen molar-refractivity contribution < 1.29 is 0 Å². The van der Waals surface area contributed by atoms with Crippen LogP contribution >= 0.6 is 0 Å². The molecular formula is C18H36N. The van der Waals surface area contributed by atoms with Gasteiger partial charge < -0.3 is 0 Å². The molecule has 0 N–H and O–H groups in total. The summed E-state index contributed by atoms with van der Waals surface area (Å²) >= 11 is 0. The lowest BCUT2D eigenvalue weighted by Crippen LogP contribution is -1.98. The van der Waals surface area contributed by atoms with E-state index in [1.807, 2.05) is 7.05 Å². The molecule has 0 amide bonds. The second-order valence-corrected chi connectivity index (χ2v) is 5.62. The number of allylic oxidation sites excluding steroid dienone is 2. The highest BCUT2D eigenvalue weighted by Gasteiger charge is 1.90. The molecule has 0 rings (SSSR count). The molecule has 0 atom stereocenters. The Balaban J connectivity index is 3.01. The first kappa shape index (κ1) is 18.7. The van der Waals surface area contributed by atoms with Gasteiger partial charge in [0.1, 0.15) is 0 Å². The van der Waals surface area contributed by atoms with E-state index in [9.17, 15) is 0 Å². The number of hydrogen-bond donors (Lipinski definition) is 0. The van der Waals surface area contributed by atoms with Crippen molar-refractivity contribution in [2.75, 3.05) is 13.6 Å². The first-order valence-corrected chi connectivity index (χ1v) is 8.62. The third kappa shape index (κ3) is 17.7. The standard InChI is InChI=1S/C18H36N/c1-3-4-5-6-7-8-9-10-11-12-13-14-15-16-17-18-19-2/h10-11H,3-9,12-18H2,1-2H3. The zero-order valence-corrected chi connectivity index (χ0v) is 13.5. The van der Waals surface area contributed by atoms with Crippen molar-refractivity contribution in [2.24, 2.45) is 0 Å². The van der Waals surface area contributed by atoms with Crippen LogP contribution in [0.1, 0.15) is 90.4 Å². The quantitative estimate of drug-likeness (QED) is 0.260. The van der Waals surface area contributed by atoms with Crippen LogP contribution in [0.4, 0.5) is 0 Å². The van der Waals surface area contributed by atoms with Crippen molar-refractivity contribution in [3.63, 3.8) is 0 Å². The third-order valence-corrected chi connectivity index (χ3v) is 3.64. The Morgan fingerprint density at radius 2 is 1.11 bits per heavy atom.